The van der Waals surface area contributed by atoms with Crippen molar-refractivity contribution < 1.29 is 4.74 Å². The maximum atomic E-state index is 5.29. The van der Waals surface area contributed by atoms with Gasteiger partial charge in [0, 0.05) is 24.5 Å². The van der Waals surface area contributed by atoms with Crippen molar-refractivity contribution in [2.75, 3.05) is 12.4 Å². The molecule has 0 fully saturated rings. The van der Waals surface area contributed by atoms with Crippen molar-refractivity contribution in [3.63, 3.8) is 0 Å². The van der Waals surface area contributed by atoms with Gasteiger partial charge in [-0.3, -0.25) is 4.98 Å². The highest BCUT2D eigenvalue weighted by Gasteiger charge is 2.03. The summed E-state index contributed by atoms with van der Waals surface area (Å²) in [5, 5.41) is 3.25. The first-order valence-corrected chi connectivity index (χ1v) is 5.44. The predicted molar refractivity (Wildman–Crippen MR) is 67.1 cm³/mol. The summed E-state index contributed by atoms with van der Waals surface area (Å²) in [6.07, 6.45) is 3.36. The zero-order valence-corrected chi connectivity index (χ0v) is 9.97. The molecule has 17 heavy (non-hydrogen) atoms. The van der Waals surface area contributed by atoms with Crippen LogP contribution < -0.4 is 10.1 Å². The molecule has 0 bridgehead atoms. The highest BCUT2D eigenvalue weighted by Crippen LogP contribution is 2.18. The topological polar surface area (TPSA) is 47.0 Å². The van der Waals surface area contributed by atoms with Gasteiger partial charge in [0.25, 0.3) is 0 Å². The highest BCUT2D eigenvalue weighted by molar-refractivity contribution is 5.42. The van der Waals surface area contributed by atoms with Gasteiger partial charge in [-0.05, 0) is 13.0 Å². The molecule has 1 heterocycles. The number of anilines is 1. The lowest BCUT2D eigenvalue weighted by Gasteiger charge is -2.10. The van der Waals surface area contributed by atoms with Gasteiger partial charge in [-0.1, -0.05) is 18.2 Å². The van der Waals surface area contributed by atoms with E-state index in [4.69, 9.17) is 4.74 Å². The van der Waals surface area contributed by atoms with Crippen molar-refractivity contribution in [2.45, 2.75) is 13.5 Å². The van der Waals surface area contributed by atoms with Crippen LogP contribution in [0.4, 0.5) is 5.82 Å². The molecule has 4 heteroatoms. The van der Waals surface area contributed by atoms with E-state index in [1.165, 1.54) is 0 Å². The van der Waals surface area contributed by atoms with Crippen molar-refractivity contribution in [3.05, 3.63) is 47.9 Å². The summed E-state index contributed by atoms with van der Waals surface area (Å²) < 4.78 is 5.29. The molecule has 1 N–H and O–H groups in total. The number of para-hydroxylation sites is 1. The van der Waals surface area contributed by atoms with E-state index in [0.29, 0.717) is 6.54 Å². The normalized spacial score (nSPS) is 10.0. The summed E-state index contributed by atoms with van der Waals surface area (Å²) in [5.74, 6) is 1.68. The predicted octanol–water partition coefficient (Wildman–Crippen LogP) is 2.41. The Bertz CT molecular complexity index is 500. The second-order valence-electron chi connectivity index (χ2n) is 3.66. The molecule has 0 saturated carbocycles. The summed E-state index contributed by atoms with van der Waals surface area (Å²) in [6, 6.07) is 7.91. The van der Waals surface area contributed by atoms with Crippen LogP contribution >= 0.6 is 0 Å². The van der Waals surface area contributed by atoms with E-state index in [1.807, 2.05) is 31.2 Å². The Morgan fingerprint density at radius 2 is 1.94 bits per heavy atom. The van der Waals surface area contributed by atoms with Crippen LogP contribution in [0.3, 0.4) is 0 Å². The van der Waals surface area contributed by atoms with Gasteiger partial charge >= 0.3 is 0 Å². The number of benzene rings is 1. The molecule has 0 aliphatic heterocycles. The maximum Gasteiger partial charge on any atom is 0.147 e. The Hall–Kier alpha value is -2.10. The first-order valence-electron chi connectivity index (χ1n) is 5.44. The molecule has 1 aromatic heterocycles. The Morgan fingerprint density at radius 1 is 1.18 bits per heavy atom. The number of hydrogen-bond donors (Lipinski definition) is 1. The smallest absolute Gasteiger partial charge is 0.147 e. The summed E-state index contributed by atoms with van der Waals surface area (Å²) in [5.41, 5.74) is 1.99. The summed E-state index contributed by atoms with van der Waals surface area (Å²) >= 11 is 0. The number of ether oxygens (including phenoxy) is 1. The van der Waals surface area contributed by atoms with E-state index in [1.54, 1.807) is 19.5 Å². The average Bonchev–Trinajstić information content (AvgIpc) is 2.38. The molecular weight excluding hydrogens is 214 g/mol. The monoisotopic (exact) mass is 229 g/mol. The second-order valence-corrected chi connectivity index (χ2v) is 3.66. The zero-order valence-electron chi connectivity index (χ0n) is 9.97. The number of nitrogens with zero attached hydrogens (tertiary/aromatic N) is 2. The highest BCUT2D eigenvalue weighted by atomic mass is 16.5. The molecule has 88 valence electrons. The van der Waals surface area contributed by atoms with Crippen LogP contribution in [0.2, 0.25) is 0 Å². The summed E-state index contributed by atoms with van der Waals surface area (Å²) in [4.78, 5) is 8.41. The molecule has 0 aliphatic carbocycles. The lowest BCUT2D eigenvalue weighted by molar-refractivity contribution is 0.410. The van der Waals surface area contributed by atoms with Gasteiger partial charge in [0.2, 0.25) is 0 Å². The molecule has 0 unspecified atom stereocenters. The van der Waals surface area contributed by atoms with Gasteiger partial charge in [0.05, 0.1) is 12.8 Å². The van der Waals surface area contributed by atoms with Crippen molar-refractivity contribution in [3.8, 4) is 5.75 Å². The van der Waals surface area contributed by atoms with Crippen molar-refractivity contribution >= 4 is 5.82 Å². The fourth-order valence-electron chi connectivity index (χ4n) is 1.61. The van der Waals surface area contributed by atoms with Gasteiger partial charge in [-0.25, -0.2) is 4.98 Å². The van der Waals surface area contributed by atoms with Crippen molar-refractivity contribution in [1.82, 2.24) is 9.97 Å². The maximum absolute atomic E-state index is 5.29. The van der Waals surface area contributed by atoms with E-state index in [0.717, 1.165) is 22.8 Å². The van der Waals surface area contributed by atoms with E-state index < -0.39 is 0 Å². The average molecular weight is 229 g/mol. The second kappa shape index (κ2) is 5.30. The van der Waals surface area contributed by atoms with Crippen LogP contribution in [0.15, 0.2) is 36.7 Å². The SMILES string of the molecule is COc1ccccc1CNc1nccnc1C. The molecular formula is C13H15N3O. The van der Waals surface area contributed by atoms with Crippen LogP contribution in [0.1, 0.15) is 11.3 Å². The number of nitrogens with one attached hydrogen (secondary N) is 1. The van der Waals surface area contributed by atoms with Gasteiger partial charge in [-0.2, -0.15) is 0 Å². The summed E-state index contributed by atoms with van der Waals surface area (Å²) in [6.45, 7) is 2.60. The van der Waals surface area contributed by atoms with Crippen LogP contribution in [0.25, 0.3) is 0 Å². The molecule has 0 aliphatic rings. The Labute approximate surface area is 101 Å². The quantitative estimate of drug-likeness (QED) is 0.874. The minimum atomic E-state index is 0.670. The van der Waals surface area contributed by atoms with Crippen LogP contribution in [-0.4, -0.2) is 17.1 Å². The first kappa shape index (κ1) is 11.4. The van der Waals surface area contributed by atoms with E-state index in [-0.39, 0.29) is 0 Å². The van der Waals surface area contributed by atoms with Crippen LogP contribution in [0.5, 0.6) is 5.75 Å². The number of hydrogen-bond acceptors (Lipinski definition) is 4. The van der Waals surface area contributed by atoms with E-state index >= 15 is 0 Å². The standard InChI is InChI=1S/C13H15N3O/c1-10-13(15-8-7-14-10)16-9-11-5-3-4-6-12(11)17-2/h3-8H,9H2,1-2H3,(H,15,16). The Kier molecular flexibility index (Phi) is 3.55. The number of aromatic nitrogens is 2. The third-order valence-corrected chi connectivity index (χ3v) is 2.52. The fraction of sp³-hybridized carbons (Fsp3) is 0.231. The number of methoxy groups -OCH3 is 1. The summed E-state index contributed by atoms with van der Waals surface area (Å²) in [7, 11) is 1.67. The molecule has 2 aromatic rings. The van der Waals surface area contributed by atoms with Gasteiger partial charge in [-0.15, -0.1) is 0 Å². The lowest BCUT2D eigenvalue weighted by Crippen LogP contribution is -2.05. The molecule has 0 radical (unpaired) electrons. The molecule has 0 amide bonds. The van der Waals surface area contributed by atoms with Gasteiger partial charge < -0.3 is 10.1 Å². The third-order valence-electron chi connectivity index (χ3n) is 2.52. The largest absolute Gasteiger partial charge is 0.496 e. The Morgan fingerprint density at radius 3 is 2.71 bits per heavy atom. The molecule has 4 nitrogen and oxygen atoms in total. The Balaban J connectivity index is 2.10. The van der Waals surface area contributed by atoms with Crippen LogP contribution in [0, 0.1) is 6.92 Å². The van der Waals surface area contributed by atoms with Crippen molar-refractivity contribution in [2.24, 2.45) is 0 Å². The van der Waals surface area contributed by atoms with Gasteiger partial charge in [0.15, 0.2) is 0 Å². The third kappa shape index (κ3) is 2.72. The molecule has 0 saturated heterocycles. The van der Waals surface area contributed by atoms with E-state index in [9.17, 15) is 0 Å². The first-order chi connectivity index (χ1) is 8.31. The molecule has 2 rings (SSSR count). The van der Waals surface area contributed by atoms with E-state index in [2.05, 4.69) is 15.3 Å². The zero-order chi connectivity index (χ0) is 12.1. The van der Waals surface area contributed by atoms with Crippen molar-refractivity contribution in [1.29, 1.82) is 0 Å². The molecule has 0 spiro atoms. The number of rotatable bonds is 4. The molecule has 0 atom stereocenters. The lowest BCUT2D eigenvalue weighted by atomic mass is 10.2. The fourth-order valence-corrected chi connectivity index (χ4v) is 1.61. The van der Waals surface area contributed by atoms with Gasteiger partial charge in [0.1, 0.15) is 11.6 Å². The number of aryl methyl sites for hydroxylation is 1. The minimum Gasteiger partial charge on any atom is -0.496 e. The van der Waals surface area contributed by atoms with Crippen LogP contribution in [-0.2, 0) is 6.54 Å². The molecule has 1 aromatic carbocycles. The minimum absolute atomic E-state index is 0.670.